The van der Waals surface area contributed by atoms with E-state index in [1.54, 1.807) is 13.8 Å². The molecule has 0 bridgehead atoms. The van der Waals surface area contributed by atoms with E-state index in [9.17, 15) is 9.59 Å². The summed E-state index contributed by atoms with van der Waals surface area (Å²) in [5, 5.41) is 11.7. The molecule has 0 radical (unpaired) electrons. The zero-order valence-corrected chi connectivity index (χ0v) is 59.6. The number of halogens is 2. The van der Waals surface area contributed by atoms with Crippen LogP contribution in [-0.2, 0) is 47.5 Å². The van der Waals surface area contributed by atoms with Crippen LogP contribution < -0.4 is 17.0 Å². The van der Waals surface area contributed by atoms with Crippen LogP contribution in [0.2, 0.25) is 0 Å². The number of carbonyl (C=O) groups is 2. The molecular weight excluding hydrogens is 1340 g/mol. The zero-order valence-electron chi connectivity index (χ0n) is 56.5. The third kappa shape index (κ3) is 15.7. The fourth-order valence-corrected chi connectivity index (χ4v) is 14.7. The van der Waals surface area contributed by atoms with Crippen molar-refractivity contribution in [3.8, 4) is 22.3 Å². The fraction of sp³-hybridized carbons (Fsp3) is 0.130. The van der Waals surface area contributed by atoms with Gasteiger partial charge in [0.1, 0.15) is 32.2 Å². The van der Waals surface area contributed by atoms with Crippen LogP contribution in [0.4, 0.5) is 0 Å². The van der Waals surface area contributed by atoms with Crippen molar-refractivity contribution in [3.63, 3.8) is 0 Å². The SMILES string of the molecule is BrCc1ccccc1.CC(=O)C(Cc1ccccc1)N=C(c1ccccc1)c1ccccc1.CC(=O)CN=C(c1ccccc1)c1ccccc1.Cc1cc2ccccc2c2c1C[N+]1(Cc3ccc4ccccc4c3-c3c(ccc4ccccc34)C1)Cc1c(C)cc3ccccc3c1-2.[Br-]. The summed E-state index contributed by atoms with van der Waals surface area (Å²) >= 11 is 3.36. The third-order valence-corrected chi connectivity index (χ3v) is 19.6. The molecule has 0 aliphatic carbocycles. The Hall–Kier alpha value is -10.3. The molecule has 0 saturated heterocycles. The number of hydrogen-bond donors (Lipinski definition) is 0. The highest BCUT2D eigenvalue weighted by Crippen LogP contribution is 2.51. The second-order valence-electron chi connectivity index (χ2n) is 25.9. The van der Waals surface area contributed by atoms with Gasteiger partial charge in [-0.3, -0.25) is 19.6 Å². The second kappa shape index (κ2) is 31.9. The van der Waals surface area contributed by atoms with Crippen molar-refractivity contribution < 1.29 is 31.1 Å². The first kappa shape index (κ1) is 68.7. The first-order valence-electron chi connectivity index (χ1n) is 33.9. The summed E-state index contributed by atoms with van der Waals surface area (Å²) < 4.78 is 0.967. The molecule has 0 aromatic heterocycles. The molecule has 2 aliphatic rings. The third-order valence-electron chi connectivity index (χ3n) is 19.0. The maximum absolute atomic E-state index is 12.2. The van der Waals surface area contributed by atoms with E-state index in [4.69, 9.17) is 4.99 Å². The van der Waals surface area contributed by atoms with Gasteiger partial charge in [0.2, 0.25) is 0 Å². The maximum Gasteiger partial charge on any atom is 0.154 e. The molecule has 99 heavy (non-hydrogen) atoms. The van der Waals surface area contributed by atoms with Crippen LogP contribution in [0.5, 0.6) is 0 Å². The molecule has 1 unspecified atom stereocenters. The van der Waals surface area contributed by atoms with Gasteiger partial charge in [0, 0.05) is 56.3 Å². The van der Waals surface area contributed by atoms with Crippen LogP contribution in [-0.4, -0.2) is 40.1 Å². The zero-order chi connectivity index (χ0) is 67.4. The Morgan fingerprint density at radius 1 is 0.384 bits per heavy atom. The molecule has 0 saturated carbocycles. The van der Waals surface area contributed by atoms with E-state index in [-0.39, 0.29) is 35.1 Å². The first-order chi connectivity index (χ1) is 48.0. The number of Topliss-reactive ketones (excluding diaryl/α,β-unsaturated/α-hetero) is 2. The smallest absolute Gasteiger partial charge is 0.154 e. The summed E-state index contributed by atoms with van der Waals surface area (Å²) in [6.45, 7) is 12.1. The van der Waals surface area contributed by atoms with Crippen LogP contribution in [0.25, 0.3) is 65.3 Å². The van der Waals surface area contributed by atoms with E-state index in [1.165, 1.54) is 104 Å². The van der Waals surface area contributed by atoms with Crippen molar-refractivity contribution in [1.29, 1.82) is 0 Å². The van der Waals surface area contributed by atoms with Crippen molar-refractivity contribution >= 4 is 82.0 Å². The van der Waals surface area contributed by atoms with E-state index in [0.29, 0.717) is 6.42 Å². The number of alkyl halides is 1. The van der Waals surface area contributed by atoms with E-state index >= 15 is 0 Å². The number of ketones is 2. The molecule has 5 nitrogen and oxygen atoms in total. The Morgan fingerprint density at radius 2 is 0.717 bits per heavy atom. The van der Waals surface area contributed by atoms with Crippen LogP contribution in [0.1, 0.15) is 80.6 Å². The lowest BCUT2D eigenvalue weighted by atomic mass is 9.85. The topological polar surface area (TPSA) is 58.9 Å². The maximum atomic E-state index is 12.2. The minimum Gasteiger partial charge on any atom is -1.00 e. The first-order valence-corrected chi connectivity index (χ1v) is 35.0. The molecule has 0 amide bonds. The summed E-state index contributed by atoms with van der Waals surface area (Å²) in [7, 11) is 0. The number of fused-ring (bicyclic) bond motifs is 14. The number of hydrogen-bond acceptors (Lipinski definition) is 4. The number of aliphatic imine (C=N–C) groups is 2. The lowest BCUT2D eigenvalue weighted by Crippen LogP contribution is -3.00. The Bertz CT molecular complexity index is 4950. The Labute approximate surface area is 601 Å². The number of quaternary nitrogens is 1. The van der Waals surface area contributed by atoms with Crippen LogP contribution in [0.15, 0.2) is 325 Å². The predicted molar refractivity (Wildman–Crippen MR) is 415 cm³/mol. The summed E-state index contributed by atoms with van der Waals surface area (Å²) in [4.78, 5) is 32.7. The van der Waals surface area contributed by atoms with Crippen LogP contribution in [0, 0.1) is 13.8 Å². The highest BCUT2D eigenvalue weighted by atomic mass is 79.9. The fourth-order valence-electron chi connectivity index (χ4n) is 14.3. The van der Waals surface area contributed by atoms with Gasteiger partial charge in [-0.05, 0) is 115 Å². The molecule has 1 atom stereocenters. The van der Waals surface area contributed by atoms with E-state index < -0.39 is 6.04 Å². The van der Waals surface area contributed by atoms with E-state index in [2.05, 4.69) is 180 Å². The highest BCUT2D eigenvalue weighted by molar-refractivity contribution is 9.08. The molecule has 2 aliphatic heterocycles. The largest absolute Gasteiger partial charge is 1.00 e. The molecule has 14 aromatic rings. The van der Waals surface area contributed by atoms with Crippen molar-refractivity contribution in [2.24, 2.45) is 9.98 Å². The van der Waals surface area contributed by atoms with E-state index in [1.807, 2.05) is 170 Å². The van der Waals surface area contributed by atoms with Gasteiger partial charge in [-0.15, -0.1) is 0 Å². The van der Waals surface area contributed by atoms with Gasteiger partial charge in [-0.25, -0.2) is 0 Å². The number of carbonyl (C=O) groups excluding carboxylic acids is 2. The molecule has 2 heterocycles. The average Bonchev–Trinajstić information content (AvgIpc) is 1.57. The van der Waals surface area contributed by atoms with Gasteiger partial charge in [-0.2, -0.15) is 0 Å². The van der Waals surface area contributed by atoms with Gasteiger partial charge >= 0.3 is 0 Å². The summed E-state index contributed by atoms with van der Waals surface area (Å²) in [5.74, 6) is 0.146. The lowest BCUT2D eigenvalue weighted by molar-refractivity contribution is -0.978. The van der Waals surface area contributed by atoms with Gasteiger partial charge in [0.15, 0.2) is 11.6 Å². The summed E-state index contributed by atoms with van der Waals surface area (Å²) in [5.41, 5.74) is 22.8. The molecule has 488 valence electrons. The number of benzene rings is 14. The molecule has 14 aromatic carbocycles. The standard InChI is InChI=1S/C46H36N.C23H21NO.C16H15NO.C7H7Br.BrH/c1-29-23-33-13-5-9-17-39(33)45-41(29)27-47(28-42-30(2)24-34-14-6-10-18-40(34)46(42)45)25-35-21-19-31-11-3-7-15-37(31)43(35)44-36(26-47)22-20-32-12-4-8-16-38(32)44;1-18(25)22(17-19-11-5-2-6-12-19)24-23(20-13-7-3-8-14-20)21-15-9-4-10-16-21;1-13(18)12-17-16(14-8-4-2-5-9-14)15-10-6-3-7-11-15;8-6-7-4-2-1-3-5-7;/h3-24H,25-28H2,1-2H3;2-16,22H,17H2,1H3;2-11H,12H2,1H3;1-5H,6H2;1H/q+1;;;;/p-1. The summed E-state index contributed by atoms with van der Waals surface area (Å²) in [6.07, 6.45) is 0.610. The molecule has 0 N–H and O–H groups in total. The van der Waals surface area contributed by atoms with Crippen LogP contribution >= 0.6 is 15.9 Å². The van der Waals surface area contributed by atoms with Gasteiger partial charge in [0.25, 0.3) is 0 Å². The minimum absolute atomic E-state index is 0. The van der Waals surface area contributed by atoms with Gasteiger partial charge in [0.05, 0.1) is 18.0 Å². The van der Waals surface area contributed by atoms with Crippen molar-refractivity contribution in [3.05, 3.63) is 382 Å². The predicted octanol–water partition coefficient (Wildman–Crippen LogP) is 19.2. The molecular formula is C92H79Br2N3O2. The highest BCUT2D eigenvalue weighted by Gasteiger charge is 2.40. The van der Waals surface area contributed by atoms with Crippen molar-refractivity contribution in [2.75, 3.05) is 6.54 Å². The second-order valence-corrected chi connectivity index (χ2v) is 26.5. The van der Waals surface area contributed by atoms with Gasteiger partial charge in [-0.1, -0.05) is 331 Å². The Balaban J connectivity index is 0.000000149. The lowest BCUT2D eigenvalue weighted by Gasteiger charge is -2.38. The monoisotopic (exact) mass is 1420 g/mol. The normalized spacial score (nSPS) is 12.5. The molecule has 1 spiro atoms. The Kier molecular flexibility index (Phi) is 22.1. The molecule has 0 fully saturated rings. The average molecular weight is 1420 g/mol. The molecule has 16 rings (SSSR count). The van der Waals surface area contributed by atoms with E-state index in [0.717, 1.165) is 75.2 Å². The van der Waals surface area contributed by atoms with Crippen molar-refractivity contribution in [2.45, 2.75) is 71.7 Å². The number of aryl methyl sites for hydroxylation is 2. The summed E-state index contributed by atoms with van der Waals surface area (Å²) in [6, 6.07) is 110. The molecule has 7 heteroatoms. The minimum atomic E-state index is -0.391. The quantitative estimate of drug-likeness (QED) is 0.0736. The number of rotatable bonds is 11. The van der Waals surface area contributed by atoms with Crippen LogP contribution in [0.3, 0.4) is 0 Å². The van der Waals surface area contributed by atoms with Gasteiger partial charge < -0.3 is 21.5 Å². The Morgan fingerprint density at radius 3 is 1.08 bits per heavy atom. The van der Waals surface area contributed by atoms with Crippen molar-refractivity contribution in [1.82, 2.24) is 0 Å². The number of nitrogens with zero attached hydrogens (tertiary/aromatic N) is 3.